The van der Waals surface area contributed by atoms with Gasteiger partial charge < -0.3 is 4.98 Å². The van der Waals surface area contributed by atoms with Crippen LogP contribution in [-0.4, -0.2) is 31.4 Å². The monoisotopic (exact) mass is 361 g/mol. The zero-order valence-corrected chi connectivity index (χ0v) is 15.4. The van der Waals surface area contributed by atoms with E-state index in [0.29, 0.717) is 11.5 Å². The van der Waals surface area contributed by atoms with Crippen LogP contribution in [0.4, 0.5) is 0 Å². The molecule has 1 aliphatic heterocycles. The summed E-state index contributed by atoms with van der Waals surface area (Å²) in [5, 5.41) is 0. The molecule has 4 rings (SSSR count). The number of hydrogen-bond donors (Lipinski definition) is 1. The number of nitrogens with one attached hydrogen (secondary N) is 1. The van der Waals surface area contributed by atoms with Gasteiger partial charge in [-0.1, -0.05) is 18.6 Å². The van der Waals surface area contributed by atoms with Crippen molar-refractivity contribution in [1.29, 1.82) is 0 Å². The lowest BCUT2D eigenvalue weighted by molar-refractivity contribution is 0.135. The van der Waals surface area contributed by atoms with Gasteiger partial charge in [-0.15, -0.1) is 0 Å². The minimum atomic E-state index is -0.139. The average molecular weight is 361 g/mol. The summed E-state index contributed by atoms with van der Waals surface area (Å²) in [6, 6.07) is 13.5. The number of pyridine rings is 2. The molecular weight excluding hydrogens is 338 g/mol. The van der Waals surface area contributed by atoms with Gasteiger partial charge in [-0.25, -0.2) is 4.98 Å². The van der Waals surface area contributed by atoms with Crippen molar-refractivity contribution in [2.24, 2.45) is 0 Å². The van der Waals surface area contributed by atoms with Gasteiger partial charge in [0.25, 0.3) is 5.56 Å². The molecule has 1 atom stereocenters. The zero-order valence-electron chi connectivity index (χ0n) is 15.4. The van der Waals surface area contributed by atoms with Crippen molar-refractivity contribution in [1.82, 2.24) is 24.8 Å². The fourth-order valence-electron chi connectivity index (χ4n) is 3.68. The molecule has 0 aromatic carbocycles. The molecule has 1 aliphatic rings. The maximum Gasteiger partial charge on any atom is 0.251 e. The van der Waals surface area contributed by atoms with Crippen LogP contribution in [-0.2, 0) is 6.54 Å². The number of aromatic nitrogens is 4. The number of rotatable bonds is 4. The van der Waals surface area contributed by atoms with E-state index in [1.807, 2.05) is 37.3 Å². The second-order valence-corrected chi connectivity index (χ2v) is 6.99. The van der Waals surface area contributed by atoms with E-state index in [1.165, 1.54) is 0 Å². The fourth-order valence-corrected chi connectivity index (χ4v) is 3.68. The van der Waals surface area contributed by atoms with Crippen LogP contribution in [0.3, 0.4) is 0 Å². The van der Waals surface area contributed by atoms with Crippen LogP contribution < -0.4 is 5.56 Å². The average Bonchev–Trinajstić information content (AvgIpc) is 2.69. The number of aryl methyl sites for hydroxylation is 1. The number of hydrogen-bond acceptors (Lipinski definition) is 5. The second-order valence-electron chi connectivity index (χ2n) is 6.99. The van der Waals surface area contributed by atoms with Crippen LogP contribution in [0.1, 0.15) is 42.4 Å². The number of aromatic amines is 1. The van der Waals surface area contributed by atoms with Gasteiger partial charge in [-0.05, 0) is 50.6 Å². The SMILES string of the molecule is Cc1cccc(CN2CCCC[C@@H]2c2cc(=O)[nH]c(-c3ccccn3)n2)n1. The molecule has 1 saturated heterocycles. The Morgan fingerprint density at radius 3 is 2.89 bits per heavy atom. The van der Waals surface area contributed by atoms with Crippen molar-refractivity contribution in [2.75, 3.05) is 6.54 Å². The summed E-state index contributed by atoms with van der Waals surface area (Å²) < 4.78 is 0. The number of piperidine rings is 1. The molecule has 0 radical (unpaired) electrons. The Kier molecular flexibility index (Phi) is 5.07. The summed E-state index contributed by atoms with van der Waals surface area (Å²) in [6.45, 7) is 3.75. The number of likely N-dealkylation sites (tertiary alicyclic amines) is 1. The Bertz CT molecular complexity index is 970. The van der Waals surface area contributed by atoms with E-state index < -0.39 is 0 Å². The molecular formula is C21H23N5O. The first-order valence-corrected chi connectivity index (χ1v) is 9.38. The summed E-state index contributed by atoms with van der Waals surface area (Å²) in [4.78, 5) is 31.2. The lowest BCUT2D eigenvalue weighted by Crippen LogP contribution is -2.34. The fraction of sp³-hybridized carbons (Fsp3) is 0.333. The highest BCUT2D eigenvalue weighted by molar-refractivity contribution is 5.48. The standard InChI is InChI=1S/C21H23N5O/c1-15-7-6-8-16(23-15)14-26-12-5-3-10-19(26)18-13-20(27)25-21(24-18)17-9-2-4-11-22-17/h2,4,6-9,11,13,19H,3,5,10,12,14H2,1H3,(H,24,25,27)/t19-/m1/s1. The van der Waals surface area contributed by atoms with Gasteiger partial charge in [0.1, 0.15) is 5.69 Å². The van der Waals surface area contributed by atoms with E-state index in [4.69, 9.17) is 4.98 Å². The van der Waals surface area contributed by atoms with Crippen molar-refractivity contribution >= 4 is 0 Å². The van der Waals surface area contributed by atoms with Gasteiger partial charge >= 0.3 is 0 Å². The summed E-state index contributed by atoms with van der Waals surface area (Å²) in [5.74, 6) is 0.525. The van der Waals surface area contributed by atoms with Crippen LogP contribution >= 0.6 is 0 Å². The molecule has 3 aromatic rings. The topological polar surface area (TPSA) is 74.8 Å². The van der Waals surface area contributed by atoms with E-state index in [-0.39, 0.29) is 11.6 Å². The second kappa shape index (κ2) is 7.80. The minimum Gasteiger partial charge on any atom is -0.305 e. The Labute approximate surface area is 158 Å². The van der Waals surface area contributed by atoms with Crippen LogP contribution in [0.15, 0.2) is 53.5 Å². The summed E-state index contributed by atoms with van der Waals surface area (Å²) in [6.07, 6.45) is 4.98. The normalized spacial score (nSPS) is 17.7. The van der Waals surface area contributed by atoms with Gasteiger partial charge in [0, 0.05) is 24.5 Å². The largest absolute Gasteiger partial charge is 0.305 e. The van der Waals surface area contributed by atoms with Gasteiger partial charge in [-0.3, -0.25) is 19.7 Å². The first-order valence-electron chi connectivity index (χ1n) is 9.38. The van der Waals surface area contributed by atoms with E-state index in [0.717, 1.165) is 49.4 Å². The predicted molar refractivity (Wildman–Crippen MR) is 104 cm³/mol. The maximum atomic E-state index is 12.3. The zero-order chi connectivity index (χ0) is 18.6. The lowest BCUT2D eigenvalue weighted by atomic mass is 9.98. The molecule has 1 fully saturated rings. The van der Waals surface area contributed by atoms with E-state index >= 15 is 0 Å². The highest BCUT2D eigenvalue weighted by Gasteiger charge is 2.26. The highest BCUT2D eigenvalue weighted by atomic mass is 16.1. The smallest absolute Gasteiger partial charge is 0.251 e. The Morgan fingerprint density at radius 2 is 2.07 bits per heavy atom. The molecule has 3 aromatic heterocycles. The molecule has 0 saturated carbocycles. The van der Waals surface area contributed by atoms with E-state index in [1.54, 1.807) is 12.3 Å². The van der Waals surface area contributed by atoms with Gasteiger partial charge in [0.2, 0.25) is 0 Å². The van der Waals surface area contributed by atoms with E-state index in [9.17, 15) is 4.79 Å². The molecule has 0 spiro atoms. The van der Waals surface area contributed by atoms with Crippen molar-refractivity contribution in [3.05, 3.63) is 76.1 Å². The summed E-state index contributed by atoms with van der Waals surface area (Å²) in [7, 11) is 0. The van der Waals surface area contributed by atoms with Crippen LogP contribution in [0.2, 0.25) is 0 Å². The number of nitrogens with zero attached hydrogens (tertiary/aromatic N) is 4. The maximum absolute atomic E-state index is 12.3. The Balaban J connectivity index is 1.65. The lowest BCUT2D eigenvalue weighted by Gasteiger charge is -2.35. The Hall–Kier alpha value is -2.86. The van der Waals surface area contributed by atoms with Crippen molar-refractivity contribution in [3.8, 4) is 11.5 Å². The molecule has 0 aliphatic carbocycles. The molecule has 0 amide bonds. The van der Waals surface area contributed by atoms with Crippen LogP contribution in [0, 0.1) is 6.92 Å². The number of H-pyrrole nitrogens is 1. The third-order valence-corrected chi connectivity index (χ3v) is 4.94. The van der Waals surface area contributed by atoms with Crippen molar-refractivity contribution in [2.45, 2.75) is 38.8 Å². The molecule has 138 valence electrons. The van der Waals surface area contributed by atoms with Crippen LogP contribution in [0.25, 0.3) is 11.5 Å². The van der Waals surface area contributed by atoms with Crippen molar-refractivity contribution in [3.63, 3.8) is 0 Å². The molecule has 0 bridgehead atoms. The van der Waals surface area contributed by atoms with Gasteiger partial charge in [0.15, 0.2) is 5.82 Å². The van der Waals surface area contributed by atoms with E-state index in [2.05, 4.69) is 25.9 Å². The molecule has 1 N–H and O–H groups in total. The third-order valence-electron chi connectivity index (χ3n) is 4.94. The molecule has 6 heteroatoms. The third kappa shape index (κ3) is 4.11. The quantitative estimate of drug-likeness (QED) is 0.772. The molecule has 6 nitrogen and oxygen atoms in total. The predicted octanol–water partition coefficient (Wildman–Crippen LogP) is 3.26. The molecule has 27 heavy (non-hydrogen) atoms. The minimum absolute atomic E-state index is 0.117. The summed E-state index contributed by atoms with van der Waals surface area (Å²) >= 11 is 0. The van der Waals surface area contributed by atoms with Crippen molar-refractivity contribution < 1.29 is 0 Å². The highest BCUT2D eigenvalue weighted by Crippen LogP contribution is 2.31. The first-order chi connectivity index (χ1) is 13.2. The van der Waals surface area contributed by atoms with Gasteiger partial charge in [0.05, 0.1) is 17.4 Å². The summed E-state index contributed by atoms with van der Waals surface area (Å²) in [5.41, 5.74) is 3.43. The first kappa shape index (κ1) is 17.5. The van der Waals surface area contributed by atoms with Gasteiger partial charge in [-0.2, -0.15) is 0 Å². The molecule has 0 unspecified atom stereocenters. The van der Waals surface area contributed by atoms with Crippen LogP contribution in [0.5, 0.6) is 0 Å². The molecule has 4 heterocycles. The Morgan fingerprint density at radius 1 is 1.15 bits per heavy atom.